The third kappa shape index (κ3) is 10.9. The topological polar surface area (TPSA) is 239 Å². The van der Waals surface area contributed by atoms with Crippen LogP contribution in [0.2, 0.25) is 0 Å². The Morgan fingerprint density at radius 1 is 0.806 bits per heavy atom. The Labute approximate surface area is 177 Å². The van der Waals surface area contributed by atoms with Gasteiger partial charge in [0, 0.05) is 11.6 Å². The molecule has 1 aromatic carbocycles. The maximum atomic E-state index is 12.2. The molecule has 0 spiro atoms. The van der Waals surface area contributed by atoms with E-state index < -0.39 is 92.9 Å². The standard InChI is InChI=1S/C12H17NO14S4/c14-13(15)12-3-1-2-10(8-28(16,17)6-4-26-30(20,21)22)11(12)9-29(18,19)7-5-27-31(23,24)25/h1-3H,4-9H2,(H,20,21,22)(H,23,24,25). The highest BCUT2D eigenvalue weighted by atomic mass is 32.3. The second-order valence-corrected chi connectivity index (χ2v) is 12.4. The van der Waals surface area contributed by atoms with Gasteiger partial charge in [-0.2, -0.15) is 16.8 Å². The number of hydrogen-bond acceptors (Lipinski definition) is 12. The molecule has 0 radical (unpaired) electrons. The minimum absolute atomic E-state index is 0.277. The predicted molar refractivity (Wildman–Crippen MR) is 103 cm³/mol. The molecule has 19 heteroatoms. The number of hydrogen-bond donors (Lipinski definition) is 2. The van der Waals surface area contributed by atoms with E-state index in [4.69, 9.17) is 9.11 Å². The second kappa shape index (κ2) is 10.3. The van der Waals surface area contributed by atoms with Gasteiger partial charge in [-0.15, -0.1) is 0 Å². The number of nitro benzene ring substituents is 1. The van der Waals surface area contributed by atoms with Gasteiger partial charge in [0.25, 0.3) is 5.69 Å². The molecular formula is C12H17NO14S4. The third-order valence-corrected chi connectivity index (χ3v) is 7.42. The third-order valence-electron chi connectivity index (χ3n) is 3.44. The smallest absolute Gasteiger partial charge is 0.264 e. The molecule has 0 saturated heterocycles. The molecule has 0 amide bonds. The van der Waals surface area contributed by atoms with Crippen LogP contribution in [-0.2, 0) is 60.3 Å². The average molecular weight is 528 g/mol. The molecule has 1 aromatic rings. The molecule has 0 bridgehead atoms. The molecule has 0 aliphatic carbocycles. The van der Waals surface area contributed by atoms with Crippen LogP contribution >= 0.6 is 0 Å². The zero-order valence-electron chi connectivity index (χ0n) is 15.3. The van der Waals surface area contributed by atoms with Gasteiger partial charge in [0.05, 0.1) is 41.1 Å². The summed E-state index contributed by atoms with van der Waals surface area (Å²) in [4.78, 5) is 10.3. The van der Waals surface area contributed by atoms with Crippen LogP contribution in [0.1, 0.15) is 11.1 Å². The van der Waals surface area contributed by atoms with Gasteiger partial charge < -0.3 is 0 Å². The number of rotatable bonds is 13. The van der Waals surface area contributed by atoms with Crippen molar-refractivity contribution < 1.29 is 56.1 Å². The summed E-state index contributed by atoms with van der Waals surface area (Å²) in [5, 5.41) is 11.3. The first-order chi connectivity index (χ1) is 13.9. The highest BCUT2D eigenvalue weighted by Gasteiger charge is 2.26. The van der Waals surface area contributed by atoms with E-state index in [9.17, 15) is 43.8 Å². The van der Waals surface area contributed by atoms with Crippen molar-refractivity contribution in [1.29, 1.82) is 0 Å². The fourth-order valence-electron chi connectivity index (χ4n) is 2.23. The van der Waals surface area contributed by atoms with Gasteiger partial charge in [-0.25, -0.2) is 25.2 Å². The first-order valence-corrected chi connectivity index (χ1v) is 14.2. The minimum Gasteiger partial charge on any atom is -0.264 e. The molecule has 178 valence electrons. The lowest BCUT2D eigenvalue weighted by Crippen LogP contribution is -2.20. The largest absolute Gasteiger partial charge is 0.397 e. The Morgan fingerprint density at radius 2 is 1.26 bits per heavy atom. The molecule has 31 heavy (non-hydrogen) atoms. The van der Waals surface area contributed by atoms with E-state index in [1.165, 1.54) is 0 Å². The van der Waals surface area contributed by atoms with Crippen molar-refractivity contribution in [2.45, 2.75) is 11.5 Å². The van der Waals surface area contributed by atoms with Gasteiger partial charge in [0.1, 0.15) is 0 Å². The number of nitrogens with zero attached hydrogens (tertiary/aromatic N) is 1. The summed E-state index contributed by atoms with van der Waals surface area (Å²) in [5.74, 6) is -3.85. The van der Waals surface area contributed by atoms with E-state index in [1.54, 1.807) is 0 Å². The van der Waals surface area contributed by atoms with Crippen LogP contribution in [0.3, 0.4) is 0 Å². The number of benzene rings is 1. The first kappa shape index (κ1) is 27.3. The van der Waals surface area contributed by atoms with E-state index in [1.807, 2.05) is 0 Å². The van der Waals surface area contributed by atoms with Gasteiger partial charge >= 0.3 is 20.8 Å². The maximum Gasteiger partial charge on any atom is 0.397 e. The maximum absolute atomic E-state index is 12.2. The highest BCUT2D eigenvalue weighted by Crippen LogP contribution is 2.26. The predicted octanol–water partition coefficient (Wildman–Crippen LogP) is -0.937. The van der Waals surface area contributed by atoms with Crippen molar-refractivity contribution in [1.82, 2.24) is 0 Å². The van der Waals surface area contributed by atoms with E-state index in [0.717, 1.165) is 18.2 Å². The summed E-state index contributed by atoms with van der Waals surface area (Å²) in [5.41, 5.74) is -1.49. The van der Waals surface area contributed by atoms with Gasteiger partial charge in [0.2, 0.25) is 0 Å². The van der Waals surface area contributed by atoms with E-state index in [-0.39, 0.29) is 5.56 Å². The molecule has 0 aliphatic rings. The Morgan fingerprint density at radius 3 is 1.68 bits per heavy atom. The summed E-state index contributed by atoms with van der Waals surface area (Å²) in [6, 6.07) is 3.14. The van der Waals surface area contributed by atoms with Crippen molar-refractivity contribution in [3.63, 3.8) is 0 Å². The second-order valence-electron chi connectivity index (χ2n) is 5.86. The Bertz CT molecular complexity index is 1230. The van der Waals surface area contributed by atoms with Gasteiger partial charge in [-0.1, -0.05) is 12.1 Å². The van der Waals surface area contributed by atoms with Crippen LogP contribution in [0.25, 0.3) is 0 Å². The molecular weight excluding hydrogens is 510 g/mol. The van der Waals surface area contributed by atoms with Crippen LogP contribution in [0, 0.1) is 10.1 Å². The summed E-state index contributed by atoms with van der Waals surface area (Å²) < 4.78 is 115. The van der Waals surface area contributed by atoms with Crippen molar-refractivity contribution in [2.24, 2.45) is 0 Å². The van der Waals surface area contributed by atoms with E-state index in [0.29, 0.717) is 0 Å². The van der Waals surface area contributed by atoms with Crippen LogP contribution in [0.15, 0.2) is 18.2 Å². The molecule has 15 nitrogen and oxygen atoms in total. The quantitative estimate of drug-likeness (QED) is 0.179. The van der Waals surface area contributed by atoms with Gasteiger partial charge in [-0.3, -0.25) is 19.2 Å². The van der Waals surface area contributed by atoms with Crippen molar-refractivity contribution in [3.8, 4) is 0 Å². The van der Waals surface area contributed by atoms with Crippen molar-refractivity contribution in [3.05, 3.63) is 39.4 Å². The number of sulfone groups is 2. The van der Waals surface area contributed by atoms with Gasteiger partial charge in [0.15, 0.2) is 19.7 Å². The Hall–Kier alpha value is -1.74. The van der Waals surface area contributed by atoms with Crippen molar-refractivity contribution >= 4 is 46.2 Å². The monoisotopic (exact) mass is 527 g/mol. The Kier molecular flexibility index (Phi) is 9.03. The summed E-state index contributed by atoms with van der Waals surface area (Å²) in [7, 11) is -18.2. The highest BCUT2D eigenvalue weighted by molar-refractivity contribution is 7.91. The molecule has 0 saturated carbocycles. The van der Waals surface area contributed by atoms with Gasteiger partial charge in [-0.05, 0) is 5.56 Å². The molecule has 0 aromatic heterocycles. The normalized spacial score (nSPS) is 13.2. The molecule has 1 rings (SSSR count). The SMILES string of the molecule is O=[N+]([O-])c1cccc(CS(=O)(=O)CCOS(=O)(=O)O)c1CS(=O)(=O)CCOS(=O)(=O)O. The first-order valence-electron chi connectivity index (χ1n) is 7.80. The fraction of sp³-hybridized carbons (Fsp3) is 0.500. The Balaban J connectivity index is 3.15. The van der Waals surface area contributed by atoms with Crippen LogP contribution < -0.4 is 0 Å². The molecule has 0 unspecified atom stereocenters. The van der Waals surface area contributed by atoms with E-state index >= 15 is 0 Å². The lowest BCUT2D eigenvalue weighted by Gasteiger charge is -2.11. The zero-order valence-corrected chi connectivity index (χ0v) is 18.6. The lowest BCUT2D eigenvalue weighted by molar-refractivity contribution is -0.385. The summed E-state index contributed by atoms with van der Waals surface area (Å²) in [6.45, 7) is -1.93. The summed E-state index contributed by atoms with van der Waals surface area (Å²) >= 11 is 0. The van der Waals surface area contributed by atoms with Crippen LogP contribution in [0.5, 0.6) is 0 Å². The lowest BCUT2D eigenvalue weighted by atomic mass is 10.1. The number of nitro groups is 1. The fourth-order valence-corrected chi connectivity index (χ4v) is 5.51. The minimum atomic E-state index is -4.92. The molecule has 0 atom stereocenters. The molecule has 0 aliphatic heterocycles. The van der Waals surface area contributed by atoms with E-state index in [2.05, 4.69) is 8.37 Å². The van der Waals surface area contributed by atoms with Crippen molar-refractivity contribution in [2.75, 3.05) is 24.7 Å². The van der Waals surface area contributed by atoms with Crippen LogP contribution in [-0.4, -0.2) is 72.4 Å². The van der Waals surface area contributed by atoms with Crippen LogP contribution in [0.4, 0.5) is 5.69 Å². The molecule has 0 heterocycles. The zero-order chi connectivity index (χ0) is 24.1. The summed E-state index contributed by atoms with van der Waals surface area (Å²) in [6.07, 6.45) is 0. The molecule has 0 fully saturated rings. The molecule has 2 N–H and O–H groups in total. The average Bonchev–Trinajstić information content (AvgIpc) is 2.52.